The van der Waals surface area contributed by atoms with Gasteiger partial charge >= 0.3 is 0 Å². The standard InChI is InChI=1S/C11H22O2S/c1-10-5-3-4-6-11(10,12)9-13-7-8-14-2/h10,12H,3-9H2,1-2H3. The molecule has 0 aliphatic heterocycles. The summed E-state index contributed by atoms with van der Waals surface area (Å²) in [5.74, 6) is 1.41. The molecule has 0 radical (unpaired) electrons. The van der Waals surface area contributed by atoms with Crippen LogP contribution in [0.25, 0.3) is 0 Å². The van der Waals surface area contributed by atoms with Crippen LogP contribution in [-0.2, 0) is 4.74 Å². The second-order valence-electron chi connectivity index (χ2n) is 4.30. The Morgan fingerprint density at radius 2 is 2.29 bits per heavy atom. The van der Waals surface area contributed by atoms with Gasteiger partial charge in [0, 0.05) is 5.75 Å². The number of hydrogen-bond acceptors (Lipinski definition) is 3. The maximum absolute atomic E-state index is 10.3. The Bertz CT molecular complexity index is 163. The van der Waals surface area contributed by atoms with Gasteiger partial charge in [-0.05, 0) is 25.0 Å². The van der Waals surface area contributed by atoms with E-state index in [4.69, 9.17) is 4.74 Å². The van der Waals surface area contributed by atoms with E-state index in [1.807, 2.05) is 0 Å². The average Bonchev–Trinajstić information content (AvgIpc) is 2.18. The zero-order valence-electron chi connectivity index (χ0n) is 9.29. The maximum Gasteiger partial charge on any atom is 0.0905 e. The van der Waals surface area contributed by atoms with Gasteiger partial charge in [-0.25, -0.2) is 0 Å². The third-order valence-corrected chi connectivity index (χ3v) is 3.77. The fraction of sp³-hybridized carbons (Fsp3) is 1.00. The summed E-state index contributed by atoms with van der Waals surface area (Å²) in [6, 6.07) is 0. The molecule has 0 bridgehead atoms. The lowest BCUT2D eigenvalue weighted by Crippen LogP contribution is -2.43. The van der Waals surface area contributed by atoms with E-state index in [1.54, 1.807) is 11.8 Å². The van der Waals surface area contributed by atoms with Crippen LogP contribution in [0.1, 0.15) is 32.6 Å². The van der Waals surface area contributed by atoms with Gasteiger partial charge in [-0.1, -0.05) is 19.8 Å². The Morgan fingerprint density at radius 3 is 2.93 bits per heavy atom. The molecule has 0 heterocycles. The summed E-state index contributed by atoms with van der Waals surface area (Å²) in [6.45, 7) is 3.42. The largest absolute Gasteiger partial charge is 0.387 e. The molecular weight excluding hydrogens is 196 g/mol. The van der Waals surface area contributed by atoms with Gasteiger partial charge in [0.25, 0.3) is 0 Å². The lowest BCUT2D eigenvalue weighted by Gasteiger charge is -2.37. The van der Waals surface area contributed by atoms with Crippen LogP contribution in [0, 0.1) is 5.92 Å². The third-order valence-electron chi connectivity index (χ3n) is 3.20. The van der Waals surface area contributed by atoms with Crippen molar-refractivity contribution in [2.75, 3.05) is 25.2 Å². The minimum atomic E-state index is -0.545. The summed E-state index contributed by atoms with van der Waals surface area (Å²) in [4.78, 5) is 0. The molecule has 1 saturated carbocycles. The molecule has 2 atom stereocenters. The number of ether oxygens (including phenoxy) is 1. The van der Waals surface area contributed by atoms with Crippen molar-refractivity contribution in [3.63, 3.8) is 0 Å². The molecule has 0 aromatic heterocycles. The van der Waals surface area contributed by atoms with Crippen molar-refractivity contribution in [2.24, 2.45) is 5.92 Å². The van der Waals surface area contributed by atoms with Gasteiger partial charge in [0.15, 0.2) is 0 Å². The van der Waals surface area contributed by atoms with E-state index >= 15 is 0 Å². The first-order valence-electron chi connectivity index (χ1n) is 5.48. The molecule has 1 aliphatic carbocycles. The van der Waals surface area contributed by atoms with E-state index in [0.717, 1.165) is 31.6 Å². The molecule has 3 heteroatoms. The molecule has 1 aliphatic rings. The topological polar surface area (TPSA) is 29.5 Å². The van der Waals surface area contributed by atoms with Crippen LogP contribution in [-0.4, -0.2) is 35.9 Å². The molecule has 0 saturated heterocycles. The van der Waals surface area contributed by atoms with Gasteiger partial charge in [-0.15, -0.1) is 0 Å². The Labute approximate surface area is 91.4 Å². The zero-order chi connectivity index (χ0) is 10.4. The van der Waals surface area contributed by atoms with Crippen LogP contribution < -0.4 is 0 Å². The maximum atomic E-state index is 10.3. The van der Waals surface area contributed by atoms with Crippen LogP contribution in [0.2, 0.25) is 0 Å². The van der Waals surface area contributed by atoms with Gasteiger partial charge < -0.3 is 9.84 Å². The van der Waals surface area contributed by atoms with Crippen LogP contribution in [0.3, 0.4) is 0 Å². The second-order valence-corrected chi connectivity index (χ2v) is 5.28. The summed E-state index contributed by atoms with van der Waals surface area (Å²) in [7, 11) is 0. The number of rotatable bonds is 5. The van der Waals surface area contributed by atoms with Gasteiger partial charge in [0.2, 0.25) is 0 Å². The quantitative estimate of drug-likeness (QED) is 0.718. The number of hydrogen-bond donors (Lipinski definition) is 1. The van der Waals surface area contributed by atoms with Crippen LogP contribution >= 0.6 is 11.8 Å². The highest BCUT2D eigenvalue weighted by atomic mass is 32.2. The molecular formula is C11H22O2S. The molecule has 1 rings (SSSR count). The van der Waals surface area contributed by atoms with Crippen LogP contribution in [0.5, 0.6) is 0 Å². The summed E-state index contributed by atoms with van der Waals surface area (Å²) in [5, 5.41) is 10.3. The SMILES string of the molecule is CSCCOCC1(O)CCCCC1C. The van der Waals surface area contributed by atoms with Gasteiger partial charge in [-0.2, -0.15) is 11.8 Å². The van der Waals surface area contributed by atoms with Crippen molar-refractivity contribution in [2.45, 2.75) is 38.2 Å². The summed E-state index contributed by atoms with van der Waals surface area (Å²) >= 11 is 1.78. The Morgan fingerprint density at radius 1 is 1.50 bits per heavy atom. The lowest BCUT2D eigenvalue weighted by molar-refractivity contribution is -0.0976. The molecule has 0 aromatic carbocycles. The summed E-state index contributed by atoms with van der Waals surface area (Å²) < 4.78 is 5.52. The van der Waals surface area contributed by atoms with Crippen molar-refractivity contribution in [1.82, 2.24) is 0 Å². The van der Waals surface area contributed by atoms with E-state index < -0.39 is 5.60 Å². The molecule has 84 valence electrons. The normalized spacial score (nSPS) is 33.2. The van der Waals surface area contributed by atoms with Crippen molar-refractivity contribution in [3.05, 3.63) is 0 Å². The van der Waals surface area contributed by atoms with Gasteiger partial charge in [0.05, 0.1) is 18.8 Å². The van der Waals surface area contributed by atoms with E-state index in [0.29, 0.717) is 12.5 Å². The first-order valence-corrected chi connectivity index (χ1v) is 6.87. The third kappa shape index (κ3) is 3.44. The van der Waals surface area contributed by atoms with Crippen LogP contribution in [0.4, 0.5) is 0 Å². The van der Waals surface area contributed by atoms with E-state index in [1.165, 1.54) is 6.42 Å². The van der Waals surface area contributed by atoms with Crippen LogP contribution in [0.15, 0.2) is 0 Å². The monoisotopic (exact) mass is 218 g/mol. The second kappa shape index (κ2) is 5.99. The Kier molecular flexibility index (Phi) is 5.28. The number of aliphatic hydroxyl groups is 1. The van der Waals surface area contributed by atoms with Crippen molar-refractivity contribution in [3.8, 4) is 0 Å². The van der Waals surface area contributed by atoms with E-state index in [2.05, 4.69) is 13.2 Å². The molecule has 14 heavy (non-hydrogen) atoms. The van der Waals surface area contributed by atoms with Crippen molar-refractivity contribution in [1.29, 1.82) is 0 Å². The molecule has 0 aromatic rings. The van der Waals surface area contributed by atoms with Crippen molar-refractivity contribution < 1.29 is 9.84 Å². The van der Waals surface area contributed by atoms with Gasteiger partial charge in [0.1, 0.15) is 0 Å². The molecule has 1 fully saturated rings. The minimum absolute atomic E-state index is 0.394. The predicted molar refractivity (Wildman–Crippen MR) is 61.8 cm³/mol. The average molecular weight is 218 g/mol. The molecule has 2 unspecified atom stereocenters. The Balaban J connectivity index is 2.25. The Hall–Kier alpha value is 0.270. The molecule has 2 nitrogen and oxygen atoms in total. The van der Waals surface area contributed by atoms with Crippen molar-refractivity contribution >= 4 is 11.8 Å². The highest BCUT2D eigenvalue weighted by Gasteiger charge is 2.35. The summed E-state index contributed by atoms with van der Waals surface area (Å²) in [6.07, 6.45) is 6.53. The van der Waals surface area contributed by atoms with E-state index in [-0.39, 0.29) is 0 Å². The number of thioether (sulfide) groups is 1. The fourth-order valence-electron chi connectivity index (χ4n) is 2.00. The zero-order valence-corrected chi connectivity index (χ0v) is 10.1. The first kappa shape index (κ1) is 12.3. The van der Waals surface area contributed by atoms with Gasteiger partial charge in [-0.3, -0.25) is 0 Å². The highest BCUT2D eigenvalue weighted by molar-refractivity contribution is 7.98. The molecule has 0 amide bonds. The van der Waals surface area contributed by atoms with E-state index in [9.17, 15) is 5.11 Å². The summed E-state index contributed by atoms with van der Waals surface area (Å²) in [5.41, 5.74) is -0.545. The molecule has 0 spiro atoms. The predicted octanol–water partition coefficient (Wildman–Crippen LogP) is 2.31. The fourth-order valence-corrected chi connectivity index (χ4v) is 2.29. The smallest absolute Gasteiger partial charge is 0.0905 e. The minimum Gasteiger partial charge on any atom is -0.387 e. The highest BCUT2D eigenvalue weighted by Crippen LogP contribution is 2.33. The lowest BCUT2D eigenvalue weighted by atomic mass is 9.77. The first-order chi connectivity index (χ1) is 6.69. The molecule has 1 N–H and O–H groups in total.